The van der Waals surface area contributed by atoms with Crippen LogP contribution in [0.5, 0.6) is 0 Å². The smallest absolute Gasteiger partial charge is 0.212 e. The van der Waals surface area contributed by atoms with Gasteiger partial charge in [-0.1, -0.05) is 206 Å². The lowest BCUT2D eigenvalue weighted by Gasteiger charge is -2.08. The predicted molar refractivity (Wildman–Crippen MR) is 194 cm³/mol. The zero-order valence-corrected chi connectivity index (χ0v) is 30.5. The van der Waals surface area contributed by atoms with E-state index in [1.807, 2.05) is 0 Å². The topological polar surface area (TPSA) is 58.2 Å². The highest BCUT2D eigenvalue weighted by Gasteiger charge is 2.08. The molecule has 0 aliphatic heterocycles. The van der Waals surface area contributed by atoms with E-state index in [1.165, 1.54) is 186 Å². The summed E-state index contributed by atoms with van der Waals surface area (Å²) in [6.45, 7) is 6.67. The van der Waals surface area contributed by atoms with Crippen LogP contribution in [-0.4, -0.2) is 33.8 Å². The largest absolute Gasteiger partial charge is 0.316 e. The Balaban J connectivity index is 3.26. The van der Waals surface area contributed by atoms with Crippen LogP contribution >= 0.6 is 0 Å². The summed E-state index contributed by atoms with van der Waals surface area (Å²) in [4.78, 5) is 0. The van der Waals surface area contributed by atoms with Gasteiger partial charge in [0.2, 0.25) is 10.0 Å². The zero-order valence-electron chi connectivity index (χ0n) is 29.7. The Morgan fingerprint density at radius 2 is 0.581 bits per heavy atom. The maximum absolute atomic E-state index is 12.2. The molecule has 0 amide bonds. The lowest BCUT2D eigenvalue weighted by atomic mass is 10.0. The second-order valence-corrected chi connectivity index (χ2v) is 15.5. The first-order chi connectivity index (χ1) is 21.1. The Kier molecular flexibility index (Phi) is 36.2. The van der Waals surface area contributed by atoms with Crippen LogP contribution in [0.3, 0.4) is 0 Å². The minimum atomic E-state index is -3.14. The molecule has 0 radical (unpaired) electrons. The Morgan fingerprint density at radius 3 is 0.884 bits per heavy atom. The molecule has 43 heavy (non-hydrogen) atoms. The van der Waals surface area contributed by atoms with Crippen LogP contribution in [0.1, 0.15) is 219 Å². The van der Waals surface area contributed by atoms with Gasteiger partial charge in [-0.15, -0.1) is 0 Å². The van der Waals surface area contributed by atoms with E-state index in [0.29, 0.717) is 13.1 Å². The number of sulfonamides is 1. The molecule has 0 bridgehead atoms. The molecule has 0 aromatic carbocycles. The van der Waals surface area contributed by atoms with E-state index in [1.54, 1.807) is 0 Å². The van der Waals surface area contributed by atoms with Crippen LogP contribution in [0.15, 0.2) is 0 Å². The van der Waals surface area contributed by atoms with Crippen molar-refractivity contribution in [1.29, 1.82) is 0 Å². The number of hydrogen-bond acceptors (Lipinski definition) is 3. The van der Waals surface area contributed by atoms with Crippen LogP contribution in [0.2, 0.25) is 0 Å². The van der Waals surface area contributed by atoms with Crippen molar-refractivity contribution >= 4 is 10.0 Å². The van der Waals surface area contributed by atoms with E-state index in [9.17, 15) is 8.42 Å². The third-order valence-electron chi connectivity index (χ3n) is 9.11. The molecule has 0 rings (SSSR count). The quantitative estimate of drug-likeness (QED) is 0.0669. The fraction of sp³-hybridized carbons (Fsp3) is 1.00. The molecule has 0 atom stereocenters. The van der Waals surface area contributed by atoms with E-state index in [4.69, 9.17) is 0 Å². The van der Waals surface area contributed by atoms with Gasteiger partial charge in [-0.2, -0.15) is 0 Å². The van der Waals surface area contributed by atoms with E-state index in [2.05, 4.69) is 23.9 Å². The molecule has 0 aromatic rings. The van der Waals surface area contributed by atoms with Crippen LogP contribution < -0.4 is 10.0 Å². The van der Waals surface area contributed by atoms with Gasteiger partial charge in [-0.25, -0.2) is 13.1 Å². The Labute approximate surface area is 272 Å². The molecule has 0 saturated heterocycles. The summed E-state index contributed by atoms with van der Waals surface area (Å²) in [7, 11) is -3.14. The first-order valence-corrected chi connectivity index (χ1v) is 21.5. The molecule has 2 N–H and O–H groups in total. The summed E-state index contributed by atoms with van der Waals surface area (Å²) >= 11 is 0. The average molecular weight is 629 g/mol. The summed E-state index contributed by atoms with van der Waals surface area (Å²) in [5.41, 5.74) is 0. The third-order valence-corrected chi connectivity index (χ3v) is 10.5. The van der Waals surface area contributed by atoms with Crippen LogP contribution in [0.25, 0.3) is 0 Å². The fourth-order valence-corrected chi connectivity index (χ4v) is 7.12. The van der Waals surface area contributed by atoms with Gasteiger partial charge in [0.25, 0.3) is 0 Å². The molecule has 260 valence electrons. The summed E-state index contributed by atoms with van der Waals surface area (Å²) in [5, 5.41) is 3.33. The van der Waals surface area contributed by atoms with Crippen molar-refractivity contribution < 1.29 is 8.42 Å². The molecule has 0 saturated carbocycles. The summed E-state index contributed by atoms with van der Waals surface area (Å²) in [5.74, 6) is 0.199. The molecule has 0 spiro atoms. The highest BCUT2D eigenvalue weighted by atomic mass is 32.2. The van der Waals surface area contributed by atoms with Gasteiger partial charge in [0.15, 0.2) is 0 Å². The van der Waals surface area contributed by atoms with Gasteiger partial charge >= 0.3 is 0 Å². The Hall–Kier alpha value is -0.130. The van der Waals surface area contributed by atoms with E-state index >= 15 is 0 Å². The van der Waals surface area contributed by atoms with Crippen LogP contribution in [-0.2, 0) is 10.0 Å². The van der Waals surface area contributed by atoms with E-state index < -0.39 is 10.0 Å². The van der Waals surface area contributed by atoms with E-state index in [0.717, 1.165) is 25.8 Å². The van der Waals surface area contributed by atoms with Crippen LogP contribution in [0.4, 0.5) is 0 Å². The first kappa shape index (κ1) is 42.9. The fourth-order valence-electron chi connectivity index (χ4n) is 6.10. The van der Waals surface area contributed by atoms with Gasteiger partial charge in [-0.05, 0) is 19.4 Å². The Bertz CT molecular complexity index is 611. The molecular formula is C38H80N2O2S. The van der Waals surface area contributed by atoms with Gasteiger partial charge in [0.05, 0.1) is 5.75 Å². The lowest BCUT2D eigenvalue weighted by molar-refractivity contribution is 0.525. The maximum Gasteiger partial charge on any atom is 0.212 e. The normalized spacial score (nSPS) is 12.0. The van der Waals surface area contributed by atoms with E-state index in [-0.39, 0.29) is 5.75 Å². The summed E-state index contributed by atoms with van der Waals surface area (Å²) in [6, 6.07) is 0. The number of unbranched alkanes of at least 4 members (excludes halogenated alkanes) is 30. The zero-order chi connectivity index (χ0) is 31.4. The Morgan fingerprint density at radius 1 is 0.326 bits per heavy atom. The third kappa shape index (κ3) is 38.0. The SMILES string of the molecule is CCCCCCCCCCCCCCCCCCNCCS(=O)(=O)NCCCCCCCCCCCCCCCCCC. The highest BCUT2D eigenvalue weighted by Crippen LogP contribution is 2.15. The van der Waals surface area contributed by atoms with Crippen molar-refractivity contribution in [2.75, 3.05) is 25.4 Å². The minimum absolute atomic E-state index is 0.199. The average Bonchev–Trinajstić information content (AvgIpc) is 3.00. The lowest BCUT2D eigenvalue weighted by Crippen LogP contribution is -2.32. The first-order valence-electron chi connectivity index (χ1n) is 19.8. The number of hydrogen-bond donors (Lipinski definition) is 2. The van der Waals surface area contributed by atoms with Crippen molar-refractivity contribution in [3.8, 4) is 0 Å². The summed E-state index contributed by atoms with van der Waals surface area (Å²) in [6.07, 6.45) is 43.6. The van der Waals surface area contributed by atoms with Crippen molar-refractivity contribution in [3.63, 3.8) is 0 Å². The standard InChI is InChI=1S/C38H80N2O2S/c1-3-5-7-9-11-13-15-17-19-21-23-25-27-29-31-33-35-39-37-38-43(41,42)40-36-34-32-30-28-26-24-22-20-18-16-14-12-10-8-6-4-2/h39-40H,3-38H2,1-2H3. The second kappa shape index (κ2) is 36.3. The molecular weight excluding hydrogens is 548 g/mol. The van der Waals surface area contributed by atoms with Crippen molar-refractivity contribution in [3.05, 3.63) is 0 Å². The van der Waals surface area contributed by atoms with Crippen molar-refractivity contribution in [1.82, 2.24) is 10.0 Å². The van der Waals surface area contributed by atoms with Gasteiger partial charge in [-0.3, -0.25) is 0 Å². The second-order valence-electron chi connectivity index (χ2n) is 13.6. The number of nitrogens with one attached hydrogen (secondary N) is 2. The highest BCUT2D eigenvalue weighted by molar-refractivity contribution is 7.89. The van der Waals surface area contributed by atoms with Gasteiger partial charge in [0.1, 0.15) is 0 Å². The molecule has 4 nitrogen and oxygen atoms in total. The molecule has 0 aromatic heterocycles. The van der Waals surface area contributed by atoms with Crippen molar-refractivity contribution in [2.24, 2.45) is 0 Å². The van der Waals surface area contributed by atoms with Gasteiger partial charge in [0, 0.05) is 13.1 Å². The molecule has 0 aliphatic carbocycles. The monoisotopic (exact) mass is 629 g/mol. The maximum atomic E-state index is 12.2. The predicted octanol–water partition coefficient (Wildman–Crippen LogP) is 12.0. The number of rotatable bonds is 38. The molecule has 0 heterocycles. The van der Waals surface area contributed by atoms with Gasteiger partial charge < -0.3 is 5.32 Å². The van der Waals surface area contributed by atoms with Crippen LogP contribution in [0, 0.1) is 0 Å². The molecule has 0 aliphatic rings. The van der Waals surface area contributed by atoms with Crippen molar-refractivity contribution in [2.45, 2.75) is 219 Å². The minimum Gasteiger partial charge on any atom is -0.316 e. The molecule has 0 unspecified atom stereocenters. The molecule has 0 fully saturated rings. The summed E-state index contributed by atoms with van der Waals surface area (Å²) < 4.78 is 27.2. The molecule has 5 heteroatoms.